The highest BCUT2D eigenvalue weighted by Crippen LogP contribution is 2.37. The molecule has 2 aliphatic rings. The van der Waals surface area contributed by atoms with Crippen LogP contribution in [0.4, 0.5) is 10.1 Å². The highest BCUT2D eigenvalue weighted by Gasteiger charge is 2.39. The molecule has 25 heavy (non-hydrogen) atoms. The number of carbonyl (C=O) groups excluding carboxylic acids is 2. The maximum Gasteiger partial charge on any atom is 0.231 e. The molecule has 2 heterocycles. The molecule has 0 spiro atoms. The van der Waals surface area contributed by atoms with Crippen LogP contribution in [0.15, 0.2) is 34.7 Å². The molecule has 4 rings (SSSR count). The third-order valence-corrected chi connectivity index (χ3v) is 4.75. The number of carbonyl (C=O) groups is 2. The molecular formula is C19H19FN2O3. The maximum absolute atomic E-state index is 13.5. The quantitative estimate of drug-likeness (QED) is 0.927. The zero-order valence-corrected chi connectivity index (χ0v) is 13.9. The second-order valence-corrected chi connectivity index (χ2v) is 6.75. The van der Waals surface area contributed by atoms with Gasteiger partial charge in [-0.05, 0) is 49.6 Å². The van der Waals surface area contributed by atoms with E-state index in [1.165, 1.54) is 12.1 Å². The SMILES string of the molecule is Cc1ccc(CN(C(=O)[C@@H]2CC(=O)Nc3cc(F)ccc32)C2CC2)o1. The van der Waals surface area contributed by atoms with Crippen molar-refractivity contribution in [3.05, 3.63) is 53.2 Å². The molecule has 1 fully saturated rings. The molecule has 2 aromatic rings. The summed E-state index contributed by atoms with van der Waals surface area (Å²) in [7, 11) is 0. The summed E-state index contributed by atoms with van der Waals surface area (Å²) in [6.07, 6.45) is 2.00. The van der Waals surface area contributed by atoms with Crippen LogP contribution in [-0.4, -0.2) is 22.8 Å². The number of amides is 2. The number of furan rings is 1. The average Bonchev–Trinajstić information content (AvgIpc) is 3.33. The highest BCUT2D eigenvalue weighted by atomic mass is 19.1. The normalized spacial score (nSPS) is 19.3. The first-order chi connectivity index (χ1) is 12.0. The molecule has 6 heteroatoms. The number of anilines is 1. The van der Waals surface area contributed by atoms with Crippen LogP contribution in [0.25, 0.3) is 0 Å². The van der Waals surface area contributed by atoms with E-state index in [-0.39, 0.29) is 24.3 Å². The number of hydrogen-bond donors (Lipinski definition) is 1. The van der Waals surface area contributed by atoms with Gasteiger partial charge in [0.05, 0.1) is 12.5 Å². The van der Waals surface area contributed by atoms with Crippen LogP contribution >= 0.6 is 0 Å². The Kier molecular flexibility index (Phi) is 3.82. The lowest BCUT2D eigenvalue weighted by atomic mass is 9.89. The van der Waals surface area contributed by atoms with Crippen LogP contribution in [0.5, 0.6) is 0 Å². The van der Waals surface area contributed by atoms with Crippen molar-refractivity contribution in [2.24, 2.45) is 0 Å². The van der Waals surface area contributed by atoms with E-state index in [1.807, 2.05) is 19.1 Å². The fraction of sp³-hybridized carbons (Fsp3) is 0.368. The van der Waals surface area contributed by atoms with E-state index in [4.69, 9.17) is 4.42 Å². The van der Waals surface area contributed by atoms with Gasteiger partial charge in [-0.3, -0.25) is 9.59 Å². The molecule has 0 unspecified atom stereocenters. The van der Waals surface area contributed by atoms with Crippen LogP contribution in [0.3, 0.4) is 0 Å². The zero-order valence-electron chi connectivity index (χ0n) is 13.9. The van der Waals surface area contributed by atoms with Crippen molar-refractivity contribution in [3.8, 4) is 0 Å². The van der Waals surface area contributed by atoms with E-state index < -0.39 is 11.7 Å². The van der Waals surface area contributed by atoms with Gasteiger partial charge >= 0.3 is 0 Å². The Balaban J connectivity index is 1.63. The highest BCUT2D eigenvalue weighted by molar-refractivity contribution is 6.01. The number of nitrogens with zero attached hydrogens (tertiary/aromatic N) is 1. The predicted molar refractivity (Wildman–Crippen MR) is 89.4 cm³/mol. The van der Waals surface area contributed by atoms with E-state index >= 15 is 0 Å². The Morgan fingerprint density at radius 3 is 2.80 bits per heavy atom. The monoisotopic (exact) mass is 342 g/mol. The van der Waals surface area contributed by atoms with Crippen LogP contribution < -0.4 is 5.32 Å². The third kappa shape index (κ3) is 3.16. The Morgan fingerprint density at radius 1 is 1.32 bits per heavy atom. The number of halogens is 1. The van der Waals surface area contributed by atoms with Crippen LogP contribution in [0, 0.1) is 12.7 Å². The second-order valence-electron chi connectivity index (χ2n) is 6.75. The van der Waals surface area contributed by atoms with E-state index in [0.29, 0.717) is 17.8 Å². The molecule has 1 atom stereocenters. The Labute approximate surface area is 144 Å². The number of nitrogens with one attached hydrogen (secondary N) is 1. The van der Waals surface area contributed by atoms with Gasteiger partial charge < -0.3 is 14.6 Å². The van der Waals surface area contributed by atoms with Crippen LogP contribution in [-0.2, 0) is 16.1 Å². The van der Waals surface area contributed by atoms with Gasteiger partial charge in [0.1, 0.15) is 17.3 Å². The van der Waals surface area contributed by atoms with Gasteiger partial charge in [-0.1, -0.05) is 6.07 Å². The van der Waals surface area contributed by atoms with Gasteiger partial charge in [0.25, 0.3) is 0 Å². The van der Waals surface area contributed by atoms with Crippen molar-refractivity contribution in [2.75, 3.05) is 5.32 Å². The lowest BCUT2D eigenvalue weighted by Gasteiger charge is -2.30. The fourth-order valence-electron chi connectivity index (χ4n) is 3.37. The minimum atomic E-state index is -0.582. The van der Waals surface area contributed by atoms with E-state index in [1.54, 1.807) is 11.0 Å². The number of hydrogen-bond acceptors (Lipinski definition) is 3. The average molecular weight is 342 g/mol. The smallest absolute Gasteiger partial charge is 0.231 e. The van der Waals surface area contributed by atoms with Gasteiger partial charge in [0.2, 0.25) is 11.8 Å². The molecule has 1 aromatic carbocycles. The first kappa shape index (κ1) is 15.9. The van der Waals surface area contributed by atoms with Crippen molar-refractivity contribution in [1.29, 1.82) is 0 Å². The first-order valence-corrected chi connectivity index (χ1v) is 8.46. The summed E-state index contributed by atoms with van der Waals surface area (Å²) in [6, 6.07) is 8.12. The van der Waals surface area contributed by atoms with Crippen molar-refractivity contribution < 1.29 is 18.4 Å². The van der Waals surface area contributed by atoms with Gasteiger partial charge in [-0.2, -0.15) is 0 Å². The number of aryl methyl sites for hydroxylation is 1. The molecule has 1 N–H and O–H groups in total. The topological polar surface area (TPSA) is 62.6 Å². The minimum Gasteiger partial charge on any atom is -0.464 e. The number of rotatable bonds is 4. The van der Waals surface area contributed by atoms with Gasteiger partial charge in [0, 0.05) is 18.2 Å². The molecule has 130 valence electrons. The summed E-state index contributed by atoms with van der Waals surface area (Å²) in [5, 5.41) is 2.65. The summed E-state index contributed by atoms with van der Waals surface area (Å²) in [6.45, 7) is 2.26. The lowest BCUT2D eigenvalue weighted by Crippen LogP contribution is -2.39. The first-order valence-electron chi connectivity index (χ1n) is 8.46. The Hall–Kier alpha value is -2.63. The summed E-state index contributed by atoms with van der Waals surface area (Å²) in [5.74, 6) is 0.159. The Morgan fingerprint density at radius 2 is 2.12 bits per heavy atom. The molecule has 1 aliphatic carbocycles. The van der Waals surface area contributed by atoms with Gasteiger partial charge in [-0.25, -0.2) is 4.39 Å². The molecule has 0 bridgehead atoms. The maximum atomic E-state index is 13.5. The number of fused-ring (bicyclic) bond motifs is 1. The largest absolute Gasteiger partial charge is 0.464 e. The van der Waals surface area contributed by atoms with Crippen molar-refractivity contribution in [3.63, 3.8) is 0 Å². The molecule has 1 aromatic heterocycles. The van der Waals surface area contributed by atoms with Gasteiger partial charge in [0.15, 0.2) is 0 Å². The summed E-state index contributed by atoms with van der Waals surface area (Å²) >= 11 is 0. The molecule has 2 amide bonds. The molecular weight excluding hydrogens is 323 g/mol. The van der Waals surface area contributed by atoms with Crippen molar-refractivity contribution in [2.45, 2.75) is 44.7 Å². The van der Waals surface area contributed by atoms with Crippen LogP contribution in [0.1, 0.15) is 42.3 Å². The molecule has 1 aliphatic heterocycles. The van der Waals surface area contributed by atoms with Gasteiger partial charge in [-0.15, -0.1) is 0 Å². The standard InChI is InChI=1S/C19H19FN2O3/c1-11-2-6-14(25-11)10-22(13-4-5-13)19(24)16-9-18(23)21-17-8-12(20)3-7-15(16)17/h2-3,6-8,13,16H,4-5,9-10H2,1H3,(H,21,23)/t16-/m1/s1. The van der Waals surface area contributed by atoms with E-state index in [2.05, 4.69) is 5.32 Å². The summed E-state index contributed by atoms with van der Waals surface area (Å²) in [4.78, 5) is 27.0. The zero-order chi connectivity index (χ0) is 17.6. The summed E-state index contributed by atoms with van der Waals surface area (Å²) in [5.41, 5.74) is 1.06. The molecule has 5 nitrogen and oxygen atoms in total. The Bertz CT molecular complexity index is 841. The number of benzene rings is 1. The van der Waals surface area contributed by atoms with Crippen LogP contribution in [0.2, 0.25) is 0 Å². The van der Waals surface area contributed by atoms with E-state index in [0.717, 1.165) is 24.4 Å². The predicted octanol–water partition coefficient (Wildman–Crippen LogP) is 3.34. The molecule has 0 radical (unpaired) electrons. The lowest BCUT2D eigenvalue weighted by molar-refractivity contribution is -0.136. The van der Waals surface area contributed by atoms with E-state index in [9.17, 15) is 14.0 Å². The van der Waals surface area contributed by atoms with Crippen molar-refractivity contribution >= 4 is 17.5 Å². The minimum absolute atomic E-state index is 0.0812. The molecule has 1 saturated carbocycles. The fourth-order valence-corrected chi connectivity index (χ4v) is 3.37. The summed E-state index contributed by atoms with van der Waals surface area (Å²) < 4.78 is 19.1. The van der Waals surface area contributed by atoms with Crippen molar-refractivity contribution in [1.82, 2.24) is 4.90 Å². The second kappa shape index (κ2) is 6.02. The third-order valence-electron chi connectivity index (χ3n) is 4.75. The molecule has 0 saturated heterocycles.